The van der Waals surface area contributed by atoms with E-state index in [0.717, 1.165) is 4.90 Å². The van der Waals surface area contributed by atoms with Crippen molar-refractivity contribution in [3.8, 4) is 0 Å². The van der Waals surface area contributed by atoms with Crippen molar-refractivity contribution in [2.75, 3.05) is 26.5 Å². The highest BCUT2D eigenvalue weighted by atomic mass is 32.2. The SMILES string of the molecule is COC(=O)CCN(C)C(=O)CSc1ccc(C)cc1. The van der Waals surface area contributed by atoms with Gasteiger partial charge in [0.2, 0.25) is 5.91 Å². The Kier molecular flexibility index (Phi) is 6.42. The molecule has 104 valence electrons. The molecule has 1 rings (SSSR count). The maximum Gasteiger partial charge on any atom is 0.307 e. The lowest BCUT2D eigenvalue weighted by Gasteiger charge is -2.16. The number of nitrogens with zero attached hydrogens (tertiary/aromatic N) is 1. The maximum absolute atomic E-state index is 11.8. The predicted molar refractivity (Wildman–Crippen MR) is 76.2 cm³/mol. The summed E-state index contributed by atoms with van der Waals surface area (Å²) in [6.07, 6.45) is 0.230. The average molecular weight is 281 g/mol. The van der Waals surface area contributed by atoms with Crippen molar-refractivity contribution in [3.05, 3.63) is 29.8 Å². The molecule has 4 nitrogen and oxygen atoms in total. The summed E-state index contributed by atoms with van der Waals surface area (Å²) < 4.78 is 4.54. The molecule has 0 fully saturated rings. The van der Waals surface area contributed by atoms with E-state index < -0.39 is 0 Å². The molecular weight excluding hydrogens is 262 g/mol. The summed E-state index contributed by atoms with van der Waals surface area (Å²) >= 11 is 1.50. The molecule has 1 amide bonds. The van der Waals surface area contributed by atoms with E-state index in [-0.39, 0.29) is 18.3 Å². The number of ether oxygens (including phenoxy) is 1. The van der Waals surface area contributed by atoms with Gasteiger partial charge in [0.05, 0.1) is 19.3 Å². The van der Waals surface area contributed by atoms with Crippen molar-refractivity contribution < 1.29 is 14.3 Å². The Morgan fingerprint density at radius 1 is 1.26 bits per heavy atom. The van der Waals surface area contributed by atoms with Gasteiger partial charge in [-0.3, -0.25) is 9.59 Å². The summed E-state index contributed by atoms with van der Waals surface area (Å²) in [6.45, 7) is 2.42. The summed E-state index contributed by atoms with van der Waals surface area (Å²) in [5.41, 5.74) is 1.20. The molecule has 0 N–H and O–H groups in total. The van der Waals surface area contributed by atoms with Crippen LogP contribution in [0.25, 0.3) is 0 Å². The first-order chi connectivity index (χ1) is 9.02. The van der Waals surface area contributed by atoms with E-state index in [4.69, 9.17) is 0 Å². The molecule has 5 heteroatoms. The number of thioether (sulfide) groups is 1. The lowest BCUT2D eigenvalue weighted by molar-refractivity contribution is -0.141. The van der Waals surface area contributed by atoms with Gasteiger partial charge in [-0.15, -0.1) is 11.8 Å². The third-order valence-corrected chi connectivity index (χ3v) is 3.68. The summed E-state index contributed by atoms with van der Waals surface area (Å²) in [6, 6.07) is 8.05. The van der Waals surface area contributed by atoms with E-state index in [0.29, 0.717) is 12.3 Å². The molecule has 0 saturated heterocycles. The average Bonchev–Trinajstić information content (AvgIpc) is 2.43. The Morgan fingerprint density at radius 3 is 2.47 bits per heavy atom. The van der Waals surface area contributed by atoms with Crippen LogP contribution in [0.2, 0.25) is 0 Å². The number of carbonyl (C=O) groups is 2. The Bertz CT molecular complexity index is 431. The second kappa shape index (κ2) is 7.84. The first kappa shape index (κ1) is 15.6. The lowest BCUT2D eigenvalue weighted by Crippen LogP contribution is -2.30. The fourth-order valence-corrected chi connectivity index (χ4v) is 2.21. The molecule has 1 aromatic carbocycles. The second-order valence-corrected chi connectivity index (χ2v) is 5.29. The molecule has 0 saturated carbocycles. The molecule has 0 aliphatic rings. The van der Waals surface area contributed by atoms with Crippen LogP contribution in [0, 0.1) is 6.92 Å². The molecule has 0 aliphatic heterocycles. The number of methoxy groups -OCH3 is 1. The highest BCUT2D eigenvalue weighted by Gasteiger charge is 2.11. The molecule has 19 heavy (non-hydrogen) atoms. The van der Waals surface area contributed by atoms with Gasteiger partial charge < -0.3 is 9.64 Å². The number of rotatable bonds is 6. The summed E-state index contributed by atoms with van der Waals surface area (Å²) in [5.74, 6) is 0.0844. The van der Waals surface area contributed by atoms with E-state index >= 15 is 0 Å². The molecule has 1 aromatic rings. The van der Waals surface area contributed by atoms with Gasteiger partial charge in [0.15, 0.2) is 0 Å². The number of esters is 1. The molecule has 0 spiro atoms. The van der Waals surface area contributed by atoms with Crippen LogP contribution in [0.3, 0.4) is 0 Å². The molecule has 0 bridgehead atoms. The van der Waals surface area contributed by atoms with E-state index in [1.165, 1.54) is 24.4 Å². The molecule has 0 heterocycles. The zero-order valence-corrected chi connectivity index (χ0v) is 12.3. The van der Waals surface area contributed by atoms with Crippen molar-refractivity contribution in [2.24, 2.45) is 0 Å². The number of aryl methyl sites for hydroxylation is 1. The zero-order valence-electron chi connectivity index (χ0n) is 11.5. The van der Waals surface area contributed by atoms with Crippen LogP contribution in [0.15, 0.2) is 29.2 Å². The van der Waals surface area contributed by atoms with Crippen LogP contribution in [0.5, 0.6) is 0 Å². The first-order valence-corrected chi connectivity index (χ1v) is 7.01. The third kappa shape index (κ3) is 5.79. The summed E-state index contributed by atoms with van der Waals surface area (Å²) in [7, 11) is 3.04. The zero-order chi connectivity index (χ0) is 14.3. The van der Waals surface area contributed by atoms with Crippen LogP contribution in [0.4, 0.5) is 0 Å². The van der Waals surface area contributed by atoms with Gasteiger partial charge in [0.1, 0.15) is 0 Å². The lowest BCUT2D eigenvalue weighted by atomic mass is 10.2. The molecule has 0 unspecified atom stereocenters. The summed E-state index contributed by atoms with van der Waals surface area (Å²) in [5, 5.41) is 0. The van der Waals surface area contributed by atoms with Crippen molar-refractivity contribution in [3.63, 3.8) is 0 Å². The largest absolute Gasteiger partial charge is 0.469 e. The number of carbonyl (C=O) groups excluding carboxylic acids is 2. The Balaban J connectivity index is 2.34. The number of benzene rings is 1. The second-order valence-electron chi connectivity index (χ2n) is 4.24. The van der Waals surface area contributed by atoms with Crippen molar-refractivity contribution >= 4 is 23.6 Å². The Morgan fingerprint density at radius 2 is 1.89 bits per heavy atom. The summed E-state index contributed by atoms with van der Waals surface area (Å²) in [4.78, 5) is 25.4. The molecule has 0 aliphatic carbocycles. The van der Waals surface area contributed by atoms with Crippen LogP contribution in [-0.2, 0) is 14.3 Å². The van der Waals surface area contributed by atoms with Gasteiger partial charge in [0.25, 0.3) is 0 Å². The van der Waals surface area contributed by atoms with Crippen molar-refractivity contribution in [2.45, 2.75) is 18.2 Å². The monoisotopic (exact) mass is 281 g/mol. The highest BCUT2D eigenvalue weighted by molar-refractivity contribution is 8.00. The topological polar surface area (TPSA) is 46.6 Å². The normalized spacial score (nSPS) is 10.1. The third-order valence-electron chi connectivity index (χ3n) is 2.69. The van der Waals surface area contributed by atoms with Gasteiger partial charge in [-0.1, -0.05) is 17.7 Å². The van der Waals surface area contributed by atoms with Crippen LogP contribution in [0.1, 0.15) is 12.0 Å². The van der Waals surface area contributed by atoms with Gasteiger partial charge >= 0.3 is 5.97 Å². The Hall–Kier alpha value is -1.49. The minimum absolute atomic E-state index is 0.00878. The van der Waals surface area contributed by atoms with Crippen LogP contribution >= 0.6 is 11.8 Å². The van der Waals surface area contributed by atoms with E-state index in [1.54, 1.807) is 11.9 Å². The molecule has 0 radical (unpaired) electrons. The minimum Gasteiger partial charge on any atom is -0.469 e. The standard InChI is InChI=1S/C14H19NO3S/c1-11-4-6-12(7-5-11)19-10-13(16)15(2)9-8-14(17)18-3/h4-7H,8-10H2,1-3H3. The van der Waals surface area contributed by atoms with E-state index in [1.807, 2.05) is 31.2 Å². The smallest absolute Gasteiger partial charge is 0.307 e. The van der Waals surface area contributed by atoms with Gasteiger partial charge in [-0.2, -0.15) is 0 Å². The fraction of sp³-hybridized carbons (Fsp3) is 0.429. The van der Waals surface area contributed by atoms with Gasteiger partial charge in [0, 0.05) is 18.5 Å². The molecule has 0 atom stereocenters. The first-order valence-electron chi connectivity index (χ1n) is 6.03. The van der Waals surface area contributed by atoms with Gasteiger partial charge in [-0.05, 0) is 19.1 Å². The minimum atomic E-state index is -0.300. The van der Waals surface area contributed by atoms with E-state index in [9.17, 15) is 9.59 Å². The molecular formula is C14H19NO3S. The Labute approximate surface area is 118 Å². The number of hydrogen-bond acceptors (Lipinski definition) is 4. The fourth-order valence-electron chi connectivity index (χ4n) is 1.38. The van der Waals surface area contributed by atoms with E-state index in [2.05, 4.69) is 4.74 Å². The van der Waals surface area contributed by atoms with Gasteiger partial charge in [-0.25, -0.2) is 0 Å². The van der Waals surface area contributed by atoms with Crippen LogP contribution in [-0.4, -0.2) is 43.2 Å². The van der Waals surface area contributed by atoms with Crippen LogP contribution < -0.4 is 0 Å². The quantitative estimate of drug-likeness (QED) is 0.592. The van der Waals surface area contributed by atoms with Crippen molar-refractivity contribution in [1.82, 2.24) is 4.90 Å². The number of amides is 1. The molecule has 0 aromatic heterocycles. The maximum atomic E-state index is 11.8. The highest BCUT2D eigenvalue weighted by Crippen LogP contribution is 2.18. The number of hydrogen-bond donors (Lipinski definition) is 0. The predicted octanol–water partition coefficient (Wildman–Crippen LogP) is 2.11. The van der Waals surface area contributed by atoms with Crippen molar-refractivity contribution in [1.29, 1.82) is 0 Å².